The number of urea groups is 1. The number of nitrogens with zero attached hydrogens (tertiary/aromatic N) is 1. The topological polar surface area (TPSA) is 79.6 Å². The summed E-state index contributed by atoms with van der Waals surface area (Å²) in [5.74, 6) is 0.151. The first-order valence-electron chi connectivity index (χ1n) is 11.2. The fraction of sp³-hybridized carbons (Fsp3) is 0.346. The van der Waals surface area contributed by atoms with Crippen molar-refractivity contribution in [1.82, 2.24) is 10.2 Å². The van der Waals surface area contributed by atoms with Crippen molar-refractivity contribution in [3.63, 3.8) is 0 Å². The first-order chi connectivity index (χ1) is 15.5. The van der Waals surface area contributed by atoms with Crippen LogP contribution in [0, 0.1) is 0 Å². The summed E-state index contributed by atoms with van der Waals surface area (Å²) in [5, 5.41) is 3.55. The highest BCUT2D eigenvalue weighted by Gasteiger charge is 2.51. The van der Waals surface area contributed by atoms with Crippen LogP contribution in [0.4, 0.5) is 4.79 Å². The number of para-hydroxylation sites is 1. The second-order valence-electron chi connectivity index (χ2n) is 8.98. The van der Waals surface area contributed by atoms with Crippen molar-refractivity contribution in [2.45, 2.75) is 50.5 Å². The van der Waals surface area contributed by atoms with Crippen LogP contribution < -0.4 is 5.32 Å². The van der Waals surface area contributed by atoms with Crippen LogP contribution in [0.1, 0.15) is 66.6 Å². The molecule has 1 N–H and O–H groups in total. The van der Waals surface area contributed by atoms with Gasteiger partial charge in [-0.2, -0.15) is 0 Å². The monoisotopic (exact) mass is 430 g/mol. The summed E-state index contributed by atoms with van der Waals surface area (Å²) < 4.78 is 5.84. The van der Waals surface area contributed by atoms with Gasteiger partial charge in [-0.3, -0.25) is 14.5 Å². The molecule has 32 heavy (non-hydrogen) atoms. The lowest BCUT2D eigenvalue weighted by Gasteiger charge is -2.22. The second-order valence-corrected chi connectivity index (χ2v) is 8.98. The van der Waals surface area contributed by atoms with Crippen LogP contribution in [0.2, 0.25) is 0 Å². The maximum atomic E-state index is 13.2. The molecule has 6 nitrogen and oxygen atoms in total. The van der Waals surface area contributed by atoms with Gasteiger partial charge in [0.1, 0.15) is 11.3 Å². The number of imide groups is 1. The van der Waals surface area contributed by atoms with E-state index in [0.717, 1.165) is 10.3 Å². The average Bonchev–Trinajstić information content (AvgIpc) is 3.35. The number of rotatable bonds is 5. The van der Waals surface area contributed by atoms with E-state index in [1.165, 1.54) is 37.7 Å². The lowest BCUT2D eigenvalue weighted by Crippen LogP contribution is -2.41. The van der Waals surface area contributed by atoms with E-state index in [1.807, 2.05) is 48.5 Å². The number of furan rings is 1. The summed E-state index contributed by atoms with van der Waals surface area (Å²) >= 11 is 0. The highest BCUT2D eigenvalue weighted by atomic mass is 16.3. The smallest absolute Gasteiger partial charge is 0.325 e. The van der Waals surface area contributed by atoms with Gasteiger partial charge in [-0.15, -0.1) is 0 Å². The number of carbonyl (C=O) groups is 3. The minimum atomic E-state index is -1.35. The predicted octanol–water partition coefficient (Wildman–Crippen LogP) is 5.13. The molecule has 2 aromatic carbocycles. The molecule has 164 valence electrons. The van der Waals surface area contributed by atoms with Crippen LogP contribution >= 0.6 is 0 Å². The van der Waals surface area contributed by atoms with Crippen LogP contribution in [0.15, 0.2) is 59.0 Å². The Balaban J connectivity index is 1.32. The normalized spacial score (nSPS) is 21.8. The number of nitrogens with one attached hydrogen (secondary N) is 1. The predicted molar refractivity (Wildman–Crippen MR) is 120 cm³/mol. The van der Waals surface area contributed by atoms with Crippen molar-refractivity contribution in [1.29, 1.82) is 0 Å². The fourth-order valence-electron chi connectivity index (χ4n) is 4.85. The Bertz CT molecular complexity index is 1160. The molecule has 2 heterocycles. The molecule has 1 atom stereocenters. The third-order valence-electron chi connectivity index (χ3n) is 6.80. The molecule has 1 aromatic heterocycles. The summed E-state index contributed by atoms with van der Waals surface area (Å²) in [6.07, 6.45) is 6.18. The fourth-order valence-corrected chi connectivity index (χ4v) is 4.85. The van der Waals surface area contributed by atoms with Gasteiger partial charge in [0.05, 0.1) is 6.54 Å². The molecule has 2 aliphatic rings. The zero-order valence-corrected chi connectivity index (χ0v) is 18.1. The lowest BCUT2D eigenvalue weighted by molar-refractivity contribution is -0.131. The maximum Gasteiger partial charge on any atom is 0.325 e. The first kappa shape index (κ1) is 20.5. The van der Waals surface area contributed by atoms with Crippen LogP contribution in [-0.4, -0.2) is 29.2 Å². The highest BCUT2D eigenvalue weighted by Crippen LogP contribution is 2.34. The second kappa shape index (κ2) is 7.93. The van der Waals surface area contributed by atoms with E-state index in [9.17, 15) is 14.4 Å². The molecule has 0 radical (unpaired) electrons. The third-order valence-corrected chi connectivity index (χ3v) is 6.80. The molecule has 0 unspecified atom stereocenters. The van der Waals surface area contributed by atoms with Crippen molar-refractivity contribution >= 4 is 28.7 Å². The average molecular weight is 431 g/mol. The summed E-state index contributed by atoms with van der Waals surface area (Å²) in [6.45, 7) is 1.30. The zero-order valence-electron chi connectivity index (χ0n) is 18.1. The molecule has 3 aromatic rings. The quantitative estimate of drug-likeness (QED) is 0.449. The van der Waals surface area contributed by atoms with Crippen LogP contribution in [0.5, 0.6) is 0 Å². The zero-order chi connectivity index (χ0) is 22.3. The molecule has 3 amide bonds. The summed E-state index contributed by atoms with van der Waals surface area (Å²) in [6, 6.07) is 16.2. The number of fused-ring (bicyclic) bond motifs is 1. The summed E-state index contributed by atoms with van der Waals surface area (Å²) in [5.41, 5.74) is 1.05. The molecule has 1 saturated heterocycles. The van der Waals surface area contributed by atoms with E-state index >= 15 is 0 Å². The molecule has 0 bridgehead atoms. The van der Waals surface area contributed by atoms with Crippen molar-refractivity contribution in [2.24, 2.45) is 0 Å². The van der Waals surface area contributed by atoms with E-state index < -0.39 is 17.5 Å². The van der Waals surface area contributed by atoms with Crippen molar-refractivity contribution in [3.8, 4) is 0 Å². The minimum absolute atomic E-state index is 0.266. The molecular weight excluding hydrogens is 404 g/mol. The van der Waals surface area contributed by atoms with E-state index in [2.05, 4.69) is 5.32 Å². The summed E-state index contributed by atoms with van der Waals surface area (Å²) in [4.78, 5) is 39.6. The van der Waals surface area contributed by atoms with Crippen LogP contribution in [0.25, 0.3) is 11.0 Å². The van der Waals surface area contributed by atoms with Gasteiger partial charge in [-0.1, -0.05) is 61.7 Å². The molecular formula is C26H26N2O4. The standard InChI is InChI=1S/C26H26N2O4/c1-26(23-15-20-9-5-6-10-22(20)32-23)24(30)28(25(31)27-26)16-21(29)19-13-11-18(12-14-19)17-7-3-2-4-8-17/h5-6,9-15,17H,2-4,7-8,16H2,1H3,(H,27,31)/t26-/m1/s1. The van der Waals surface area contributed by atoms with Gasteiger partial charge >= 0.3 is 6.03 Å². The molecule has 6 heteroatoms. The highest BCUT2D eigenvalue weighted by molar-refractivity contribution is 6.11. The first-order valence-corrected chi connectivity index (χ1v) is 11.2. The Morgan fingerprint density at radius 1 is 1.06 bits per heavy atom. The van der Waals surface area contributed by atoms with Crippen LogP contribution in [0.3, 0.4) is 0 Å². The third kappa shape index (κ3) is 3.49. The van der Waals surface area contributed by atoms with Gasteiger partial charge in [0.2, 0.25) is 0 Å². The maximum absolute atomic E-state index is 13.2. The van der Waals surface area contributed by atoms with Gasteiger partial charge in [0.15, 0.2) is 11.3 Å². The van der Waals surface area contributed by atoms with Gasteiger partial charge in [0, 0.05) is 10.9 Å². The van der Waals surface area contributed by atoms with Gasteiger partial charge in [-0.05, 0) is 43.4 Å². The van der Waals surface area contributed by atoms with Crippen molar-refractivity contribution < 1.29 is 18.8 Å². The Morgan fingerprint density at radius 3 is 2.50 bits per heavy atom. The number of carbonyl (C=O) groups excluding carboxylic acids is 3. The van der Waals surface area contributed by atoms with E-state index in [1.54, 1.807) is 13.0 Å². The number of ketones is 1. The molecule has 1 aliphatic carbocycles. The largest absolute Gasteiger partial charge is 0.458 e. The molecule has 1 aliphatic heterocycles. The van der Waals surface area contributed by atoms with E-state index in [4.69, 9.17) is 4.42 Å². The Morgan fingerprint density at radius 2 is 1.78 bits per heavy atom. The van der Waals surface area contributed by atoms with Crippen LogP contribution in [-0.2, 0) is 10.3 Å². The number of Topliss-reactive ketones (excluding diaryl/α,β-unsaturated/α-hetero) is 1. The minimum Gasteiger partial charge on any atom is -0.458 e. The number of hydrogen-bond donors (Lipinski definition) is 1. The Kier molecular flexibility index (Phi) is 5.08. The number of benzene rings is 2. The Labute approximate surface area is 186 Å². The van der Waals surface area contributed by atoms with Gasteiger partial charge < -0.3 is 9.73 Å². The van der Waals surface area contributed by atoms with E-state index in [0.29, 0.717) is 22.8 Å². The molecule has 5 rings (SSSR count). The summed E-state index contributed by atoms with van der Waals surface area (Å²) in [7, 11) is 0. The van der Waals surface area contributed by atoms with E-state index in [-0.39, 0.29) is 12.3 Å². The lowest BCUT2D eigenvalue weighted by atomic mass is 9.84. The van der Waals surface area contributed by atoms with Crippen molar-refractivity contribution in [2.75, 3.05) is 6.54 Å². The SMILES string of the molecule is C[C@]1(c2cc3ccccc3o2)NC(=O)N(CC(=O)c2ccc(C3CCCCC3)cc2)C1=O. The van der Waals surface area contributed by atoms with Crippen molar-refractivity contribution in [3.05, 3.63) is 71.5 Å². The molecule has 1 saturated carbocycles. The molecule has 2 fully saturated rings. The molecule has 0 spiro atoms. The number of hydrogen-bond acceptors (Lipinski definition) is 4. The Hall–Kier alpha value is -3.41. The van der Waals surface area contributed by atoms with Gasteiger partial charge in [0.25, 0.3) is 5.91 Å². The van der Waals surface area contributed by atoms with Gasteiger partial charge in [-0.25, -0.2) is 4.79 Å². The number of amides is 3.